The van der Waals surface area contributed by atoms with Crippen molar-refractivity contribution >= 4 is 17.3 Å². The Morgan fingerprint density at radius 1 is 1.33 bits per heavy atom. The van der Waals surface area contributed by atoms with E-state index in [1.54, 1.807) is 0 Å². The Kier molecular flexibility index (Phi) is 4.52. The van der Waals surface area contributed by atoms with Crippen LogP contribution in [-0.4, -0.2) is 18.0 Å². The van der Waals surface area contributed by atoms with Gasteiger partial charge in [-0.2, -0.15) is 0 Å². The number of nitrogens with zero attached hydrogens (tertiary/aromatic N) is 1. The van der Waals surface area contributed by atoms with Crippen LogP contribution < -0.4 is 5.73 Å². The largest absolute Gasteiger partial charge is 0.399 e. The van der Waals surface area contributed by atoms with Crippen LogP contribution in [0.4, 0.5) is 5.69 Å². The summed E-state index contributed by atoms with van der Waals surface area (Å²) in [6.45, 7) is 7.98. The van der Waals surface area contributed by atoms with Crippen LogP contribution in [-0.2, 0) is 6.54 Å². The van der Waals surface area contributed by atoms with Gasteiger partial charge in [-0.25, -0.2) is 0 Å². The van der Waals surface area contributed by atoms with E-state index in [2.05, 4.69) is 18.7 Å². The lowest BCUT2D eigenvalue weighted by Gasteiger charge is -2.34. The molecule has 1 saturated heterocycles. The topological polar surface area (TPSA) is 29.3 Å². The van der Waals surface area contributed by atoms with Crippen LogP contribution in [0, 0.1) is 11.8 Å². The summed E-state index contributed by atoms with van der Waals surface area (Å²) in [6.07, 6.45) is 2.62. The Morgan fingerprint density at radius 2 is 2.00 bits per heavy atom. The number of piperidine rings is 1. The van der Waals surface area contributed by atoms with E-state index in [1.165, 1.54) is 31.5 Å². The van der Waals surface area contributed by atoms with Crippen molar-refractivity contribution in [2.75, 3.05) is 18.8 Å². The quantitative estimate of drug-likeness (QED) is 0.844. The predicted molar refractivity (Wildman–Crippen MR) is 78.7 cm³/mol. The average Bonchev–Trinajstić information content (AvgIpc) is 2.33. The highest BCUT2D eigenvalue weighted by Crippen LogP contribution is 2.27. The molecule has 0 saturated carbocycles. The first-order valence-electron chi connectivity index (χ1n) is 6.82. The number of nitrogens with two attached hydrogens (primary N) is 1. The molecule has 0 unspecified atom stereocenters. The summed E-state index contributed by atoms with van der Waals surface area (Å²) in [6, 6.07) is 5.83. The molecule has 0 radical (unpaired) electrons. The molecule has 100 valence electrons. The molecule has 0 bridgehead atoms. The smallest absolute Gasteiger partial charge is 0.0471 e. The molecule has 2 N–H and O–H groups in total. The zero-order valence-electron chi connectivity index (χ0n) is 11.3. The maximum absolute atomic E-state index is 6.22. The number of anilines is 1. The number of benzene rings is 1. The highest BCUT2D eigenvalue weighted by Gasteiger charge is 2.21. The third-order valence-electron chi connectivity index (χ3n) is 4.05. The molecule has 18 heavy (non-hydrogen) atoms. The molecule has 2 rings (SSSR count). The molecule has 1 fully saturated rings. The molecule has 1 aromatic carbocycles. The van der Waals surface area contributed by atoms with E-state index in [0.717, 1.165) is 29.1 Å². The minimum atomic E-state index is 0.738. The first-order chi connectivity index (χ1) is 8.56. The Bertz CT molecular complexity index is 395. The lowest BCUT2D eigenvalue weighted by molar-refractivity contribution is 0.152. The third kappa shape index (κ3) is 3.39. The summed E-state index contributed by atoms with van der Waals surface area (Å²) in [5, 5.41) is 0.793. The van der Waals surface area contributed by atoms with Gasteiger partial charge < -0.3 is 5.73 Å². The van der Waals surface area contributed by atoms with Crippen molar-refractivity contribution in [2.45, 2.75) is 33.2 Å². The molecule has 1 aliphatic heterocycles. The van der Waals surface area contributed by atoms with Crippen LogP contribution in [0.15, 0.2) is 18.2 Å². The molecule has 0 aromatic heterocycles. The van der Waals surface area contributed by atoms with E-state index in [-0.39, 0.29) is 0 Å². The van der Waals surface area contributed by atoms with Crippen molar-refractivity contribution in [1.29, 1.82) is 0 Å². The molecular formula is C15H23ClN2. The van der Waals surface area contributed by atoms with Crippen LogP contribution in [0.25, 0.3) is 0 Å². The van der Waals surface area contributed by atoms with E-state index >= 15 is 0 Å². The van der Waals surface area contributed by atoms with Crippen LogP contribution in [0.2, 0.25) is 5.02 Å². The van der Waals surface area contributed by atoms with Gasteiger partial charge in [-0.05, 0) is 55.5 Å². The number of rotatable bonds is 3. The van der Waals surface area contributed by atoms with Gasteiger partial charge in [0.2, 0.25) is 0 Å². The fourth-order valence-electron chi connectivity index (χ4n) is 2.71. The third-order valence-corrected chi connectivity index (χ3v) is 4.40. The summed E-state index contributed by atoms with van der Waals surface area (Å²) in [5.74, 6) is 1.70. The minimum absolute atomic E-state index is 0.738. The summed E-state index contributed by atoms with van der Waals surface area (Å²) in [5.41, 5.74) is 7.64. The lowest BCUT2D eigenvalue weighted by atomic mass is 9.86. The van der Waals surface area contributed by atoms with Crippen molar-refractivity contribution in [3.63, 3.8) is 0 Å². The van der Waals surface area contributed by atoms with Gasteiger partial charge in [0, 0.05) is 17.3 Å². The molecule has 0 amide bonds. The fraction of sp³-hybridized carbons (Fsp3) is 0.600. The van der Waals surface area contributed by atoms with E-state index < -0.39 is 0 Å². The van der Waals surface area contributed by atoms with E-state index in [9.17, 15) is 0 Å². The Labute approximate surface area is 115 Å². The Hall–Kier alpha value is -0.730. The summed E-state index contributed by atoms with van der Waals surface area (Å²) >= 11 is 6.22. The lowest BCUT2D eigenvalue weighted by Crippen LogP contribution is -2.34. The first-order valence-corrected chi connectivity index (χ1v) is 7.20. The van der Waals surface area contributed by atoms with E-state index in [1.807, 2.05) is 18.2 Å². The van der Waals surface area contributed by atoms with Gasteiger partial charge >= 0.3 is 0 Å². The number of nitrogen functional groups attached to an aromatic ring is 1. The number of hydrogen-bond acceptors (Lipinski definition) is 2. The molecule has 1 aliphatic rings. The van der Waals surface area contributed by atoms with Gasteiger partial charge in [0.25, 0.3) is 0 Å². The zero-order valence-corrected chi connectivity index (χ0v) is 12.1. The second-order valence-corrected chi connectivity index (χ2v) is 6.12. The van der Waals surface area contributed by atoms with E-state index in [4.69, 9.17) is 17.3 Å². The van der Waals surface area contributed by atoms with Crippen LogP contribution in [0.3, 0.4) is 0 Å². The van der Waals surface area contributed by atoms with Gasteiger partial charge in [-0.15, -0.1) is 0 Å². The zero-order chi connectivity index (χ0) is 13.1. The highest BCUT2D eigenvalue weighted by atomic mass is 35.5. The van der Waals surface area contributed by atoms with Gasteiger partial charge in [0.1, 0.15) is 0 Å². The van der Waals surface area contributed by atoms with Gasteiger partial charge in [0.15, 0.2) is 0 Å². The second kappa shape index (κ2) is 5.94. The van der Waals surface area contributed by atoms with Crippen molar-refractivity contribution in [2.24, 2.45) is 11.8 Å². The monoisotopic (exact) mass is 266 g/mol. The number of halogens is 1. The average molecular weight is 267 g/mol. The molecule has 2 nitrogen and oxygen atoms in total. The SMILES string of the molecule is CC(C)C1CCN(Cc2ccc(N)cc2Cl)CC1. The summed E-state index contributed by atoms with van der Waals surface area (Å²) in [7, 11) is 0. The highest BCUT2D eigenvalue weighted by molar-refractivity contribution is 6.31. The minimum Gasteiger partial charge on any atom is -0.399 e. The van der Waals surface area contributed by atoms with Crippen molar-refractivity contribution in [3.8, 4) is 0 Å². The van der Waals surface area contributed by atoms with Crippen molar-refractivity contribution in [3.05, 3.63) is 28.8 Å². The summed E-state index contributed by atoms with van der Waals surface area (Å²) < 4.78 is 0. The molecule has 1 heterocycles. The van der Waals surface area contributed by atoms with Crippen LogP contribution in [0.5, 0.6) is 0 Å². The normalized spacial score (nSPS) is 18.4. The molecule has 0 spiro atoms. The van der Waals surface area contributed by atoms with Gasteiger partial charge in [0.05, 0.1) is 0 Å². The molecule has 3 heteroatoms. The second-order valence-electron chi connectivity index (χ2n) is 5.71. The fourth-order valence-corrected chi connectivity index (χ4v) is 2.96. The summed E-state index contributed by atoms with van der Waals surface area (Å²) in [4.78, 5) is 2.50. The predicted octanol–water partition coefficient (Wildman–Crippen LogP) is 3.79. The first kappa shape index (κ1) is 13.7. The Morgan fingerprint density at radius 3 is 2.56 bits per heavy atom. The van der Waals surface area contributed by atoms with Crippen molar-refractivity contribution < 1.29 is 0 Å². The van der Waals surface area contributed by atoms with Crippen LogP contribution in [0.1, 0.15) is 32.3 Å². The van der Waals surface area contributed by atoms with Gasteiger partial charge in [-0.3, -0.25) is 4.90 Å². The molecule has 0 aliphatic carbocycles. The number of hydrogen-bond donors (Lipinski definition) is 1. The number of likely N-dealkylation sites (tertiary alicyclic amines) is 1. The molecule has 0 atom stereocenters. The van der Waals surface area contributed by atoms with E-state index in [0.29, 0.717) is 0 Å². The van der Waals surface area contributed by atoms with Crippen molar-refractivity contribution in [1.82, 2.24) is 4.90 Å². The standard InChI is InChI=1S/C15H23ClN2/c1-11(2)12-5-7-18(8-6-12)10-13-3-4-14(17)9-15(13)16/h3-4,9,11-12H,5-8,10,17H2,1-2H3. The van der Waals surface area contributed by atoms with Gasteiger partial charge in [-0.1, -0.05) is 31.5 Å². The molecule has 1 aromatic rings. The molecular weight excluding hydrogens is 244 g/mol. The van der Waals surface area contributed by atoms with Crippen LogP contribution >= 0.6 is 11.6 Å². The Balaban J connectivity index is 1.91. The maximum Gasteiger partial charge on any atom is 0.0471 e. The maximum atomic E-state index is 6.22.